The summed E-state index contributed by atoms with van der Waals surface area (Å²) in [5.41, 5.74) is 6.61. The Morgan fingerprint density at radius 2 is 2.00 bits per heavy atom. The van der Waals surface area contributed by atoms with Gasteiger partial charge in [-0.2, -0.15) is 0 Å². The molecule has 26 heavy (non-hydrogen) atoms. The van der Waals surface area contributed by atoms with Gasteiger partial charge in [0.2, 0.25) is 5.91 Å². The van der Waals surface area contributed by atoms with E-state index in [2.05, 4.69) is 20.2 Å². The highest BCUT2D eigenvalue weighted by molar-refractivity contribution is 5.89. The zero-order valence-corrected chi connectivity index (χ0v) is 15.2. The van der Waals surface area contributed by atoms with Gasteiger partial charge >= 0.3 is 0 Å². The maximum absolute atomic E-state index is 12.4. The standard InChI is InChI=1S/C20H27N5O/c21-10-9-18-23-17-8-4-3-7-16(17)20(24-18)22-12-14-11-19(26)25(13-14)15-5-1-2-6-15/h3-4,7-8,14-15H,1-2,5-6,9-13,21H2,(H,22,23,24). The number of nitrogens with two attached hydrogens (primary N) is 1. The Balaban J connectivity index is 1.46. The van der Waals surface area contributed by atoms with Crippen molar-refractivity contribution in [3.8, 4) is 0 Å². The van der Waals surface area contributed by atoms with Crippen LogP contribution in [0.1, 0.15) is 37.9 Å². The molecule has 138 valence electrons. The van der Waals surface area contributed by atoms with E-state index in [1.54, 1.807) is 0 Å². The number of rotatable bonds is 6. The summed E-state index contributed by atoms with van der Waals surface area (Å²) in [6.45, 7) is 2.17. The van der Waals surface area contributed by atoms with Crippen molar-refractivity contribution in [2.24, 2.45) is 11.7 Å². The van der Waals surface area contributed by atoms with Crippen LogP contribution in [-0.2, 0) is 11.2 Å². The fourth-order valence-corrected chi connectivity index (χ4v) is 4.26. The zero-order chi connectivity index (χ0) is 17.9. The molecule has 0 radical (unpaired) electrons. The van der Waals surface area contributed by atoms with E-state index >= 15 is 0 Å². The number of likely N-dealkylation sites (tertiary alicyclic amines) is 1. The number of anilines is 1. The van der Waals surface area contributed by atoms with Gasteiger partial charge in [-0.25, -0.2) is 9.97 Å². The fourth-order valence-electron chi connectivity index (χ4n) is 4.26. The Hall–Kier alpha value is -2.21. The quantitative estimate of drug-likeness (QED) is 0.833. The van der Waals surface area contributed by atoms with Crippen molar-refractivity contribution >= 4 is 22.6 Å². The average molecular weight is 353 g/mol. The molecule has 1 atom stereocenters. The number of hydrogen-bond donors (Lipinski definition) is 2. The fraction of sp³-hybridized carbons (Fsp3) is 0.550. The van der Waals surface area contributed by atoms with Crippen molar-refractivity contribution in [1.82, 2.24) is 14.9 Å². The van der Waals surface area contributed by atoms with E-state index in [-0.39, 0.29) is 0 Å². The predicted octanol–water partition coefficient (Wildman–Crippen LogP) is 2.33. The van der Waals surface area contributed by atoms with E-state index in [1.165, 1.54) is 25.7 Å². The molecule has 6 heteroatoms. The number of aromatic nitrogens is 2. The third-order valence-corrected chi connectivity index (χ3v) is 5.58. The number of amides is 1. The number of carbonyl (C=O) groups is 1. The summed E-state index contributed by atoms with van der Waals surface area (Å²) in [7, 11) is 0. The van der Waals surface area contributed by atoms with Gasteiger partial charge in [-0.05, 0) is 31.5 Å². The Morgan fingerprint density at radius 3 is 2.81 bits per heavy atom. The number of fused-ring (bicyclic) bond motifs is 1. The van der Waals surface area contributed by atoms with Crippen LogP contribution < -0.4 is 11.1 Å². The highest BCUT2D eigenvalue weighted by Crippen LogP contribution is 2.30. The first-order valence-electron chi connectivity index (χ1n) is 9.73. The molecule has 6 nitrogen and oxygen atoms in total. The molecule has 0 bridgehead atoms. The SMILES string of the molecule is NCCc1nc(NCC2CC(=O)N(C3CCCC3)C2)c2ccccc2n1. The van der Waals surface area contributed by atoms with Gasteiger partial charge in [0.1, 0.15) is 11.6 Å². The lowest BCUT2D eigenvalue weighted by Crippen LogP contribution is -2.34. The highest BCUT2D eigenvalue weighted by Gasteiger charge is 2.35. The second-order valence-electron chi connectivity index (χ2n) is 7.48. The van der Waals surface area contributed by atoms with Crippen molar-refractivity contribution in [2.75, 3.05) is 25.0 Å². The van der Waals surface area contributed by atoms with Crippen LogP contribution in [0.15, 0.2) is 24.3 Å². The van der Waals surface area contributed by atoms with Crippen LogP contribution in [0.4, 0.5) is 5.82 Å². The molecule has 2 heterocycles. The summed E-state index contributed by atoms with van der Waals surface area (Å²) in [5.74, 6) is 2.28. The van der Waals surface area contributed by atoms with Crippen molar-refractivity contribution < 1.29 is 4.79 Å². The van der Waals surface area contributed by atoms with Gasteiger partial charge in [-0.3, -0.25) is 4.79 Å². The monoisotopic (exact) mass is 353 g/mol. The molecule has 1 aromatic carbocycles. The van der Waals surface area contributed by atoms with E-state index in [0.29, 0.717) is 37.3 Å². The van der Waals surface area contributed by atoms with Crippen molar-refractivity contribution in [2.45, 2.75) is 44.6 Å². The highest BCUT2D eigenvalue weighted by atomic mass is 16.2. The van der Waals surface area contributed by atoms with E-state index < -0.39 is 0 Å². The largest absolute Gasteiger partial charge is 0.369 e. The van der Waals surface area contributed by atoms with E-state index in [1.807, 2.05) is 24.3 Å². The van der Waals surface area contributed by atoms with Crippen LogP contribution in [0.5, 0.6) is 0 Å². The Morgan fingerprint density at radius 1 is 1.19 bits per heavy atom. The molecule has 1 saturated heterocycles. The number of benzene rings is 1. The van der Waals surface area contributed by atoms with E-state index in [0.717, 1.165) is 35.6 Å². The first kappa shape index (κ1) is 17.2. The van der Waals surface area contributed by atoms with Crippen LogP contribution in [0.2, 0.25) is 0 Å². The summed E-state index contributed by atoms with van der Waals surface area (Å²) in [6.07, 6.45) is 6.16. The van der Waals surface area contributed by atoms with Crippen LogP contribution in [0.3, 0.4) is 0 Å². The van der Waals surface area contributed by atoms with Crippen molar-refractivity contribution in [3.63, 3.8) is 0 Å². The summed E-state index contributed by atoms with van der Waals surface area (Å²) in [5, 5.41) is 4.51. The number of nitrogens with zero attached hydrogens (tertiary/aromatic N) is 3. The molecule has 2 fully saturated rings. The normalized spacial score (nSPS) is 21.0. The van der Waals surface area contributed by atoms with Gasteiger partial charge in [0.15, 0.2) is 0 Å². The lowest BCUT2D eigenvalue weighted by Gasteiger charge is -2.24. The molecular weight excluding hydrogens is 326 g/mol. The van der Waals surface area contributed by atoms with Crippen LogP contribution >= 0.6 is 0 Å². The molecule has 4 rings (SSSR count). The topological polar surface area (TPSA) is 84.1 Å². The van der Waals surface area contributed by atoms with Gasteiger partial charge in [-0.1, -0.05) is 25.0 Å². The number of carbonyl (C=O) groups excluding carboxylic acids is 1. The van der Waals surface area contributed by atoms with Crippen molar-refractivity contribution in [3.05, 3.63) is 30.1 Å². The van der Waals surface area contributed by atoms with Gasteiger partial charge < -0.3 is 16.0 Å². The Kier molecular flexibility index (Phi) is 5.02. The summed E-state index contributed by atoms with van der Waals surface area (Å²) < 4.78 is 0. The number of para-hydroxylation sites is 1. The smallest absolute Gasteiger partial charge is 0.223 e. The molecule has 1 saturated carbocycles. The average Bonchev–Trinajstić information content (AvgIpc) is 3.29. The molecule has 0 spiro atoms. The van der Waals surface area contributed by atoms with Gasteiger partial charge in [0.25, 0.3) is 0 Å². The molecule has 1 aromatic heterocycles. The van der Waals surface area contributed by atoms with Crippen LogP contribution in [0.25, 0.3) is 10.9 Å². The third-order valence-electron chi connectivity index (χ3n) is 5.58. The first-order valence-corrected chi connectivity index (χ1v) is 9.73. The molecule has 1 aliphatic carbocycles. The van der Waals surface area contributed by atoms with Gasteiger partial charge in [0, 0.05) is 43.3 Å². The van der Waals surface area contributed by atoms with E-state index in [4.69, 9.17) is 5.73 Å². The second-order valence-corrected chi connectivity index (χ2v) is 7.48. The second kappa shape index (κ2) is 7.58. The van der Waals surface area contributed by atoms with Crippen LogP contribution in [0, 0.1) is 5.92 Å². The molecule has 3 N–H and O–H groups in total. The number of hydrogen-bond acceptors (Lipinski definition) is 5. The predicted molar refractivity (Wildman–Crippen MR) is 103 cm³/mol. The molecule has 2 aliphatic rings. The Labute approximate surface area is 154 Å². The first-order chi connectivity index (χ1) is 12.7. The summed E-state index contributed by atoms with van der Waals surface area (Å²) in [6, 6.07) is 8.50. The molecule has 1 amide bonds. The maximum Gasteiger partial charge on any atom is 0.223 e. The summed E-state index contributed by atoms with van der Waals surface area (Å²) >= 11 is 0. The van der Waals surface area contributed by atoms with Crippen molar-refractivity contribution in [1.29, 1.82) is 0 Å². The third kappa shape index (κ3) is 3.51. The molecule has 1 unspecified atom stereocenters. The molecule has 2 aromatic rings. The maximum atomic E-state index is 12.4. The summed E-state index contributed by atoms with van der Waals surface area (Å²) in [4.78, 5) is 23.8. The minimum atomic E-state index is 0.320. The zero-order valence-electron chi connectivity index (χ0n) is 15.2. The molecule has 1 aliphatic heterocycles. The Bertz CT molecular complexity index is 787. The molecular formula is C20H27N5O. The van der Waals surface area contributed by atoms with Gasteiger partial charge in [0.05, 0.1) is 5.52 Å². The van der Waals surface area contributed by atoms with Crippen LogP contribution in [-0.4, -0.2) is 46.5 Å². The minimum absolute atomic E-state index is 0.320. The van der Waals surface area contributed by atoms with Gasteiger partial charge in [-0.15, -0.1) is 0 Å². The minimum Gasteiger partial charge on any atom is -0.369 e. The van der Waals surface area contributed by atoms with E-state index in [9.17, 15) is 4.79 Å². The lowest BCUT2D eigenvalue weighted by molar-refractivity contribution is -0.129. The lowest BCUT2D eigenvalue weighted by atomic mass is 10.1. The number of nitrogens with one attached hydrogen (secondary N) is 1.